The SMILES string of the molecule is CS(=O)(=O)c1cccc(CNc2nc(Nc3ccc(NC(=O)CCl)cc3)ncc2C(F)(F)F)c1. The molecular formula is C21H19ClF3N5O3S. The van der Waals surface area contributed by atoms with Gasteiger partial charge in [-0.05, 0) is 42.0 Å². The second kappa shape index (κ2) is 10.3. The van der Waals surface area contributed by atoms with Crippen LogP contribution < -0.4 is 16.0 Å². The quantitative estimate of drug-likeness (QED) is 0.382. The van der Waals surface area contributed by atoms with Crippen LogP contribution in [-0.2, 0) is 27.4 Å². The number of nitrogens with zero attached hydrogens (tertiary/aromatic N) is 2. The van der Waals surface area contributed by atoms with Crippen LogP contribution in [0, 0.1) is 0 Å². The number of hydrogen-bond acceptors (Lipinski definition) is 7. The van der Waals surface area contributed by atoms with E-state index in [0.717, 1.165) is 6.26 Å². The molecule has 0 unspecified atom stereocenters. The first-order chi connectivity index (χ1) is 16.0. The van der Waals surface area contributed by atoms with Crippen molar-refractivity contribution in [2.45, 2.75) is 17.6 Å². The molecule has 3 aromatic rings. The van der Waals surface area contributed by atoms with Gasteiger partial charge in [0.2, 0.25) is 11.9 Å². The number of benzene rings is 2. The van der Waals surface area contributed by atoms with Crippen molar-refractivity contribution >= 4 is 50.5 Å². The zero-order valence-corrected chi connectivity index (χ0v) is 19.2. The van der Waals surface area contributed by atoms with Crippen LogP contribution in [0.15, 0.2) is 59.6 Å². The lowest BCUT2D eigenvalue weighted by atomic mass is 10.2. The molecule has 3 N–H and O–H groups in total. The van der Waals surface area contributed by atoms with Gasteiger partial charge in [0.25, 0.3) is 0 Å². The van der Waals surface area contributed by atoms with Crippen LogP contribution in [0.2, 0.25) is 0 Å². The molecule has 2 aromatic carbocycles. The van der Waals surface area contributed by atoms with E-state index in [1.165, 1.54) is 18.2 Å². The number of amides is 1. The van der Waals surface area contributed by atoms with Crippen LogP contribution in [0.25, 0.3) is 0 Å². The number of halogens is 4. The van der Waals surface area contributed by atoms with Gasteiger partial charge in [-0.1, -0.05) is 12.1 Å². The van der Waals surface area contributed by atoms with E-state index in [1.807, 2.05) is 0 Å². The van der Waals surface area contributed by atoms with Gasteiger partial charge in [-0.3, -0.25) is 4.79 Å². The fraction of sp³-hybridized carbons (Fsp3) is 0.190. The summed E-state index contributed by atoms with van der Waals surface area (Å²) in [7, 11) is -3.47. The third-order valence-corrected chi connectivity index (χ3v) is 5.78. The van der Waals surface area contributed by atoms with Gasteiger partial charge in [0.15, 0.2) is 9.84 Å². The molecule has 180 valence electrons. The zero-order valence-electron chi connectivity index (χ0n) is 17.6. The number of anilines is 4. The molecule has 1 aromatic heterocycles. The fourth-order valence-corrected chi connectivity index (χ4v) is 3.57. The molecule has 3 rings (SSSR count). The fourth-order valence-electron chi connectivity index (χ4n) is 2.82. The molecule has 34 heavy (non-hydrogen) atoms. The molecule has 1 heterocycles. The Morgan fingerprint density at radius 1 is 1.09 bits per heavy atom. The summed E-state index contributed by atoms with van der Waals surface area (Å²) in [6.07, 6.45) is -3.01. The van der Waals surface area contributed by atoms with Gasteiger partial charge in [0.1, 0.15) is 17.3 Å². The highest BCUT2D eigenvalue weighted by Crippen LogP contribution is 2.34. The number of rotatable bonds is 8. The van der Waals surface area contributed by atoms with Crippen molar-refractivity contribution in [1.29, 1.82) is 0 Å². The number of alkyl halides is 4. The van der Waals surface area contributed by atoms with Gasteiger partial charge >= 0.3 is 6.18 Å². The Bertz CT molecular complexity index is 1290. The van der Waals surface area contributed by atoms with Crippen LogP contribution >= 0.6 is 11.6 Å². The van der Waals surface area contributed by atoms with Crippen molar-refractivity contribution in [3.63, 3.8) is 0 Å². The van der Waals surface area contributed by atoms with Crippen molar-refractivity contribution in [1.82, 2.24) is 9.97 Å². The average Bonchev–Trinajstić information content (AvgIpc) is 2.78. The van der Waals surface area contributed by atoms with E-state index in [0.29, 0.717) is 23.1 Å². The largest absolute Gasteiger partial charge is 0.421 e. The molecule has 0 aliphatic rings. The molecule has 0 bridgehead atoms. The Hall–Kier alpha value is -3.38. The minimum absolute atomic E-state index is 0.0542. The number of hydrogen-bond donors (Lipinski definition) is 3. The lowest BCUT2D eigenvalue weighted by Gasteiger charge is -2.15. The highest BCUT2D eigenvalue weighted by atomic mass is 35.5. The van der Waals surface area contributed by atoms with Crippen LogP contribution in [0.4, 0.5) is 36.3 Å². The second-order valence-electron chi connectivity index (χ2n) is 7.11. The van der Waals surface area contributed by atoms with Gasteiger partial charge in [-0.25, -0.2) is 13.4 Å². The van der Waals surface area contributed by atoms with Crippen molar-refractivity contribution in [3.05, 3.63) is 65.9 Å². The van der Waals surface area contributed by atoms with Gasteiger partial charge in [-0.15, -0.1) is 11.6 Å². The van der Waals surface area contributed by atoms with Crippen LogP contribution in [-0.4, -0.2) is 36.4 Å². The molecule has 13 heteroatoms. The Kier molecular flexibility index (Phi) is 7.62. The predicted octanol–water partition coefficient (Wildman–Crippen LogP) is 4.43. The highest BCUT2D eigenvalue weighted by Gasteiger charge is 2.35. The minimum atomic E-state index is -4.71. The van der Waals surface area contributed by atoms with E-state index in [2.05, 4.69) is 25.9 Å². The molecule has 0 saturated carbocycles. The average molecular weight is 514 g/mol. The first-order valence-corrected chi connectivity index (χ1v) is 12.1. The summed E-state index contributed by atoms with van der Waals surface area (Å²) < 4.78 is 63.9. The van der Waals surface area contributed by atoms with Gasteiger partial charge < -0.3 is 16.0 Å². The molecule has 0 aliphatic heterocycles. The molecule has 0 aliphatic carbocycles. The maximum Gasteiger partial charge on any atom is 0.421 e. The lowest BCUT2D eigenvalue weighted by Crippen LogP contribution is -2.14. The summed E-state index contributed by atoms with van der Waals surface area (Å²) in [6.45, 7) is -0.0993. The number of aromatic nitrogens is 2. The summed E-state index contributed by atoms with van der Waals surface area (Å²) in [5, 5.41) is 7.97. The Morgan fingerprint density at radius 3 is 2.38 bits per heavy atom. The van der Waals surface area contributed by atoms with E-state index < -0.39 is 27.4 Å². The number of nitrogens with one attached hydrogen (secondary N) is 3. The molecule has 0 saturated heterocycles. The van der Waals surface area contributed by atoms with Gasteiger partial charge in [0.05, 0.1) is 4.90 Å². The minimum Gasteiger partial charge on any atom is -0.365 e. The molecule has 0 fully saturated rings. The lowest BCUT2D eigenvalue weighted by molar-refractivity contribution is -0.137. The van der Waals surface area contributed by atoms with Crippen molar-refractivity contribution < 1.29 is 26.4 Å². The molecule has 0 radical (unpaired) electrons. The van der Waals surface area contributed by atoms with E-state index >= 15 is 0 Å². The Labute approximate surface area is 198 Å². The topological polar surface area (TPSA) is 113 Å². The Morgan fingerprint density at radius 2 is 1.76 bits per heavy atom. The standard InChI is InChI=1S/C21H19ClF3N5O3S/c1-34(32,33)16-4-2-3-13(9-16)11-26-19-17(21(23,24)25)12-27-20(30-19)29-15-7-5-14(6-8-15)28-18(31)10-22/h2-9,12H,10-11H2,1H3,(H,28,31)(H2,26,27,29,30). The van der Waals surface area contributed by atoms with E-state index in [4.69, 9.17) is 11.6 Å². The highest BCUT2D eigenvalue weighted by molar-refractivity contribution is 7.90. The summed E-state index contributed by atoms with van der Waals surface area (Å²) in [5.41, 5.74) is 0.342. The van der Waals surface area contributed by atoms with E-state index in [-0.39, 0.29) is 29.2 Å². The maximum absolute atomic E-state index is 13.5. The van der Waals surface area contributed by atoms with E-state index in [9.17, 15) is 26.4 Å². The van der Waals surface area contributed by atoms with Crippen LogP contribution in [0.5, 0.6) is 0 Å². The van der Waals surface area contributed by atoms with Gasteiger partial charge in [0, 0.05) is 30.4 Å². The summed E-state index contributed by atoms with van der Waals surface area (Å²) in [6, 6.07) is 12.2. The number of sulfone groups is 1. The number of carbonyl (C=O) groups is 1. The summed E-state index contributed by atoms with van der Waals surface area (Å²) in [4.78, 5) is 19.1. The summed E-state index contributed by atoms with van der Waals surface area (Å²) in [5.74, 6) is -1.15. The molecule has 1 amide bonds. The number of carbonyl (C=O) groups excluding carboxylic acids is 1. The first kappa shape index (κ1) is 25.2. The van der Waals surface area contributed by atoms with E-state index in [1.54, 1.807) is 30.3 Å². The Balaban J connectivity index is 1.81. The zero-order chi connectivity index (χ0) is 24.9. The second-order valence-corrected chi connectivity index (χ2v) is 9.39. The molecular weight excluding hydrogens is 495 g/mol. The van der Waals surface area contributed by atoms with Crippen molar-refractivity contribution in [2.24, 2.45) is 0 Å². The third kappa shape index (κ3) is 6.81. The van der Waals surface area contributed by atoms with Crippen LogP contribution in [0.1, 0.15) is 11.1 Å². The molecule has 8 nitrogen and oxygen atoms in total. The maximum atomic E-state index is 13.5. The summed E-state index contributed by atoms with van der Waals surface area (Å²) >= 11 is 5.44. The van der Waals surface area contributed by atoms with Crippen molar-refractivity contribution in [2.75, 3.05) is 28.1 Å². The van der Waals surface area contributed by atoms with Crippen molar-refractivity contribution in [3.8, 4) is 0 Å². The monoisotopic (exact) mass is 513 g/mol. The third-order valence-electron chi connectivity index (χ3n) is 4.43. The first-order valence-electron chi connectivity index (χ1n) is 9.66. The normalized spacial score (nSPS) is 11.7. The molecule has 0 spiro atoms. The smallest absolute Gasteiger partial charge is 0.365 e. The van der Waals surface area contributed by atoms with Gasteiger partial charge in [-0.2, -0.15) is 18.2 Å². The molecule has 0 atom stereocenters. The predicted molar refractivity (Wildman–Crippen MR) is 123 cm³/mol. The van der Waals surface area contributed by atoms with Crippen LogP contribution in [0.3, 0.4) is 0 Å².